The van der Waals surface area contributed by atoms with Gasteiger partial charge in [-0.1, -0.05) is 0 Å². The molecular weight excluding hydrogens is 234 g/mol. The monoisotopic (exact) mass is 249 g/mol. The number of benzene rings is 1. The molecule has 0 amide bonds. The lowest BCUT2D eigenvalue weighted by molar-refractivity contribution is -0.384. The number of hydrogen-bond acceptors (Lipinski definition) is 5. The predicted molar refractivity (Wildman–Crippen MR) is 67.4 cm³/mol. The largest absolute Gasteiger partial charge is 0.380 e. The smallest absolute Gasteiger partial charge is 0.270 e. The van der Waals surface area contributed by atoms with Crippen molar-refractivity contribution in [3.63, 3.8) is 0 Å². The first-order valence-corrected chi connectivity index (χ1v) is 5.47. The minimum Gasteiger partial charge on any atom is -0.380 e. The Bertz CT molecular complexity index is 482. The second-order valence-corrected chi connectivity index (χ2v) is 3.97. The van der Waals surface area contributed by atoms with Crippen molar-refractivity contribution < 1.29 is 9.66 Å². The van der Waals surface area contributed by atoms with Gasteiger partial charge < -0.3 is 10.1 Å². The fraction of sp³-hybridized carbons (Fsp3) is 0.417. The lowest BCUT2D eigenvalue weighted by atomic mass is 10.1. The number of nitro groups is 1. The van der Waals surface area contributed by atoms with Crippen LogP contribution in [-0.4, -0.2) is 24.2 Å². The third-order valence-electron chi connectivity index (χ3n) is 2.79. The molecule has 0 saturated heterocycles. The molecule has 0 radical (unpaired) electrons. The first kappa shape index (κ1) is 13.9. The summed E-state index contributed by atoms with van der Waals surface area (Å²) < 4.78 is 5.17. The first-order chi connectivity index (χ1) is 8.49. The maximum atomic E-state index is 10.6. The second kappa shape index (κ2) is 5.98. The summed E-state index contributed by atoms with van der Waals surface area (Å²) in [6, 6.07) is 6.10. The molecule has 96 valence electrons. The van der Waals surface area contributed by atoms with Crippen LogP contribution in [-0.2, 0) is 4.74 Å². The van der Waals surface area contributed by atoms with Crippen molar-refractivity contribution in [2.45, 2.75) is 26.0 Å². The average Bonchev–Trinajstić information content (AvgIpc) is 2.37. The van der Waals surface area contributed by atoms with Gasteiger partial charge in [0.15, 0.2) is 0 Å². The summed E-state index contributed by atoms with van der Waals surface area (Å²) in [6.45, 7) is 3.81. The van der Waals surface area contributed by atoms with Crippen LogP contribution in [0.3, 0.4) is 0 Å². The quantitative estimate of drug-likeness (QED) is 0.639. The highest BCUT2D eigenvalue weighted by Gasteiger charge is 2.15. The Kier molecular flexibility index (Phi) is 4.63. The van der Waals surface area contributed by atoms with Gasteiger partial charge in [-0.2, -0.15) is 5.26 Å². The summed E-state index contributed by atoms with van der Waals surface area (Å²) in [6.07, 6.45) is -0.0354. The van der Waals surface area contributed by atoms with Crippen molar-refractivity contribution >= 4 is 11.4 Å². The van der Waals surface area contributed by atoms with Gasteiger partial charge in [0.1, 0.15) is 6.07 Å². The standard InChI is InChI=1S/C12H15N3O3/c1-8(9(2)18-3)14-12-5-4-11(15(16)17)6-10(12)7-13/h4-6,8-9,14H,1-3H3. The number of methoxy groups -OCH3 is 1. The number of nitro benzene ring substituents is 1. The van der Waals surface area contributed by atoms with Crippen molar-refractivity contribution in [2.75, 3.05) is 12.4 Å². The van der Waals surface area contributed by atoms with Gasteiger partial charge >= 0.3 is 0 Å². The van der Waals surface area contributed by atoms with E-state index in [9.17, 15) is 10.1 Å². The molecule has 0 aliphatic rings. The Morgan fingerprint density at radius 3 is 2.67 bits per heavy atom. The van der Waals surface area contributed by atoms with Crippen molar-refractivity contribution in [3.05, 3.63) is 33.9 Å². The molecule has 0 bridgehead atoms. The molecular formula is C12H15N3O3. The number of ether oxygens (including phenoxy) is 1. The highest BCUT2D eigenvalue weighted by molar-refractivity contribution is 5.61. The molecule has 6 nitrogen and oxygen atoms in total. The molecule has 1 aromatic rings. The van der Waals surface area contributed by atoms with Crippen LogP contribution in [0.1, 0.15) is 19.4 Å². The second-order valence-electron chi connectivity index (χ2n) is 3.97. The SMILES string of the molecule is COC(C)C(C)Nc1ccc([N+](=O)[O-])cc1C#N. The summed E-state index contributed by atoms with van der Waals surface area (Å²) in [5.74, 6) is 0. The van der Waals surface area contributed by atoms with E-state index >= 15 is 0 Å². The number of nitrogens with zero attached hydrogens (tertiary/aromatic N) is 2. The molecule has 0 aliphatic heterocycles. The fourth-order valence-electron chi connectivity index (χ4n) is 1.43. The number of nitriles is 1. The highest BCUT2D eigenvalue weighted by atomic mass is 16.6. The molecule has 2 atom stereocenters. The molecule has 18 heavy (non-hydrogen) atoms. The third kappa shape index (κ3) is 3.18. The van der Waals surface area contributed by atoms with Gasteiger partial charge in [-0.15, -0.1) is 0 Å². The number of anilines is 1. The lowest BCUT2D eigenvalue weighted by Crippen LogP contribution is -2.29. The molecule has 6 heteroatoms. The van der Waals surface area contributed by atoms with Crippen molar-refractivity contribution in [1.82, 2.24) is 0 Å². The first-order valence-electron chi connectivity index (χ1n) is 5.47. The summed E-state index contributed by atoms with van der Waals surface area (Å²) in [5.41, 5.74) is 0.725. The molecule has 0 aromatic heterocycles. The number of hydrogen-bond donors (Lipinski definition) is 1. The zero-order chi connectivity index (χ0) is 13.7. The average molecular weight is 249 g/mol. The third-order valence-corrected chi connectivity index (χ3v) is 2.79. The van der Waals surface area contributed by atoms with Crippen molar-refractivity contribution in [3.8, 4) is 6.07 Å². The van der Waals surface area contributed by atoms with Crippen molar-refractivity contribution in [1.29, 1.82) is 5.26 Å². The van der Waals surface area contributed by atoms with Gasteiger partial charge in [-0.3, -0.25) is 10.1 Å². The van der Waals surface area contributed by atoms with E-state index < -0.39 is 4.92 Å². The van der Waals surface area contributed by atoms with Gasteiger partial charge in [-0.05, 0) is 19.9 Å². The number of rotatable bonds is 5. The van der Waals surface area contributed by atoms with Gasteiger partial charge in [0.05, 0.1) is 22.3 Å². The topological polar surface area (TPSA) is 88.2 Å². The minimum atomic E-state index is -0.522. The van der Waals surface area contributed by atoms with Crippen LogP contribution in [0.5, 0.6) is 0 Å². The van der Waals surface area contributed by atoms with E-state index in [1.807, 2.05) is 19.9 Å². The van der Waals surface area contributed by atoms with Crippen LogP contribution in [0.2, 0.25) is 0 Å². The van der Waals surface area contributed by atoms with Crippen LogP contribution in [0, 0.1) is 21.4 Å². The van der Waals surface area contributed by atoms with E-state index in [2.05, 4.69) is 5.32 Å². The fourth-order valence-corrected chi connectivity index (χ4v) is 1.43. The molecule has 0 heterocycles. The lowest BCUT2D eigenvalue weighted by Gasteiger charge is -2.21. The Labute approximate surface area is 105 Å². The highest BCUT2D eigenvalue weighted by Crippen LogP contribution is 2.22. The van der Waals surface area contributed by atoms with E-state index in [4.69, 9.17) is 10.00 Å². The van der Waals surface area contributed by atoms with E-state index in [0.29, 0.717) is 5.69 Å². The number of nitrogens with one attached hydrogen (secondary N) is 1. The Morgan fingerprint density at radius 1 is 1.50 bits per heavy atom. The molecule has 1 N–H and O–H groups in total. The van der Waals surface area contributed by atoms with E-state index in [1.165, 1.54) is 18.2 Å². The summed E-state index contributed by atoms with van der Waals surface area (Å²) in [7, 11) is 1.60. The van der Waals surface area contributed by atoms with Crippen LogP contribution in [0.15, 0.2) is 18.2 Å². The maximum Gasteiger partial charge on any atom is 0.270 e. The zero-order valence-corrected chi connectivity index (χ0v) is 10.5. The van der Waals surface area contributed by atoms with Gasteiger partial charge in [0.25, 0.3) is 5.69 Å². The van der Waals surface area contributed by atoms with Crippen LogP contribution >= 0.6 is 0 Å². The van der Waals surface area contributed by atoms with E-state index in [-0.39, 0.29) is 23.4 Å². The van der Waals surface area contributed by atoms with Crippen LogP contribution in [0.4, 0.5) is 11.4 Å². The molecule has 0 fully saturated rings. The normalized spacial score (nSPS) is 13.4. The summed E-state index contributed by atoms with van der Waals surface area (Å²) >= 11 is 0. The molecule has 1 aromatic carbocycles. The van der Waals surface area contributed by atoms with Gasteiger partial charge in [0, 0.05) is 25.3 Å². The van der Waals surface area contributed by atoms with Gasteiger partial charge in [0.2, 0.25) is 0 Å². The molecule has 0 aliphatic carbocycles. The Balaban J connectivity index is 2.97. The van der Waals surface area contributed by atoms with Crippen LogP contribution in [0.25, 0.3) is 0 Å². The molecule has 2 unspecified atom stereocenters. The maximum absolute atomic E-state index is 10.6. The summed E-state index contributed by atoms with van der Waals surface area (Å²) in [4.78, 5) is 10.1. The molecule has 0 saturated carbocycles. The Hall–Kier alpha value is -2.13. The number of non-ortho nitro benzene ring substituents is 1. The van der Waals surface area contributed by atoms with E-state index in [1.54, 1.807) is 7.11 Å². The van der Waals surface area contributed by atoms with E-state index in [0.717, 1.165) is 0 Å². The van der Waals surface area contributed by atoms with Crippen LogP contribution < -0.4 is 5.32 Å². The van der Waals surface area contributed by atoms with Gasteiger partial charge in [-0.25, -0.2) is 0 Å². The Morgan fingerprint density at radius 2 is 2.17 bits per heavy atom. The predicted octanol–water partition coefficient (Wildman–Crippen LogP) is 2.30. The molecule has 0 spiro atoms. The molecule has 1 rings (SSSR count). The zero-order valence-electron chi connectivity index (χ0n) is 10.5. The summed E-state index contributed by atoms with van der Waals surface area (Å²) in [5, 5.41) is 22.7. The minimum absolute atomic E-state index is 0.0106. The van der Waals surface area contributed by atoms with Crippen molar-refractivity contribution in [2.24, 2.45) is 0 Å².